The molecule has 0 aliphatic carbocycles. The summed E-state index contributed by atoms with van der Waals surface area (Å²) in [5.41, 5.74) is 0.482. The number of carbonyl (C=O) groups excluding carboxylic acids is 3. The molecule has 208 valence electrons. The van der Waals surface area contributed by atoms with Crippen LogP contribution in [-0.4, -0.2) is 64.4 Å². The lowest BCUT2D eigenvalue weighted by molar-refractivity contribution is -0.143. The summed E-state index contributed by atoms with van der Waals surface area (Å²) in [6.07, 6.45) is 2.08. The van der Waals surface area contributed by atoms with E-state index < -0.39 is 29.7 Å². The Bertz CT molecular complexity index is 1020. The molecule has 38 heavy (non-hydrogen) atoms. The van der Waals surface area contributed by atoms with Gasteiger partial charge < -0.3 is 30.5 Å². The molecule has 0 bridgehead atoms. The Hall–Kier alpha value is -3.59. The van der Waals surface area contributed by atoms with E-state index in [-0.39, 0.29) is 31.2 Å². The third-order valence-electron chi connectivity index (χ3n) is 5.74. The molecule has 0 saturated carbocycles. The first-order valence-corrected chi connectivity index (χ1v) is 13.1. The van der Waals surface area contributed by atoms with Gasteiger partial charge >= 0.3 is 6.09 Å². The molecule has 9 nitrogen and oxygen atoms in total. The topological polar surface area (TPSA) is 128 Å². The number of hydrogen-bond acceptors (Lipinski definition) is 6. The molecule has 0 aliphatic rings. The van der Waals surface area contributed by atoms with Crippen molar-refractivity contribution in [3.8, 4) is 5.75 Å². The lowest BCUT2D eigenvalue weighted by atomic mass is 10.00. The maximum atomic E-state index is 14.0. The van der Waals surface area contributed by atoms with E-state index in [0.717, 1.165) is 19.3 Å². The van der Waals surface area contributed by atoms with Crippen LogP contribution in [0.15, 0.2) is 54.6 Å². The molecule has 9 heteroatoms. The van der Waals surface area contributed by atoms with Gasteiger partial charge in [-0.2, -0.15) is 0 Å². The summed E-state index contributed by atoms with van der Waals surface area (Å²) in [7, 11) is 0. The minimum atomic E-state index is -1.10. The minimum absolute atomic E-state index is 0.0718. The number of phenols is 1. The second-order valence-electron chi connectivity index (χ2n) is 10.1. The number of nitrogens with zero attached hydrogens (tertiary/aromatic N) is 1. The van der Waals surface area contributed by atoms with Gasteiger partial charge in [0.05, 0.1) is 6.61 Å². The SMILES string of the molecule is CCCCCNC(=O)C(c1ccccc1)N(CCO)C(=O)C(Cc1ccc(O)cc1)NC(=O)OC(C)(C)C. The van der Waals surface area contributed by atoms with E-state index in [9.17, 15) is 24.6 Å². The summed E-state index contributed by atoms with van der Waals surface area (Å²) in [5, 5.41) is 25.1. The number of aliphatic hydroxyl groups excluding tert-OH is 1. The van der Waals surface area contributed by atoms with Crippen LogP contribution in [0.5, 0.6) is 5.75 Å². The summed E-state index contributed by atoms with van der Waals surface area (Å²) in [6.45, 7) is 7.19. The highest BCUT2D eigenvalue weighted by Gasteiger charge is 2.36. The Morgan fingerprint density at radius 2 is 1.66 bits per heavy atom. The van der Waals surface area contributed by atoms with E-state index in [1.54, 1.807) is 57.2 Å². The predicted molar refractivity (Wildman–Crippen MR) is 145 cm³/mol. The Morgan fingerprint density at radius 3 is 2.24 bits per heavy atom. The monoisotopic (exact) mass is 527 g/mol. The summed E-state index contributed by atoms with van der Waals surface area (Å²) >= 11 is 0. The van der Waals surface area contributed by atoms with Crippen LogP contribution in [0, 0.1) is 0 Å². The fourth-order valence-corrected chi connectivity index (χ4v) is 3.98. The van der Waals surface area contributed by atoms with Crippen LogP contribution in [-0.2, 0) is 20.7 Å². The van der Waals surface area contributed by atoms with Crippen molar-refractivity contribution in [1.82, 2.24) is 15.5 Å². The van der Waals surface area contributed by atoms with E-state index >= 15 is 0 Å². The van der Waals surface area contributed by atoms with Crippen LogP contribution in [0.3, 0.4) is 0 Å². The maximum Gasteiger partial charge on any atom is 0.408 e. The molecule has 0 spiro atoms. The summed E-state index contributed by atoms with van der Waals surface area (Å²) in [6, 6.07) is 13.1. The number of aromatic hydroxyl groups is 1. The van der Waals surface area contributed by atoms with Crippen LogP contribution in [0.4, 0.5) is 4.79 Å². The summed E-state index contributed by atoms with van der Waals surface area (Å²) < 4.78 is 5.39. The van der Waals surface area contributed by atoms with Crippen LogP contribution in [0.1, 0.15) is 64.1 Å². The van der Waals surface area contributed by atoms with Gasteiger partial charge in [-0.15, -0.1) is 0 Å². The zero-order chi connectivity index (χ0) is 28.1. The van der Waals surface area contributed by atoms with Crippen molar-refractivity contribution in [2.24, 2.45) is 0 Å². The third-order valence-corrected chi connectivity index (χ3v) is 5.74. The van der Waals surface area contributed by atoms with Gasteiger partial charge in [-0.1, -0.05) is 62.2 Å². The number of amides is 3. The highest BCUT2D eigenvalue weighted by molar-refractivity contribution is 5.92. The lowest BCUT2D eigenvalue weighted by Crippen LogP contribution is -2.54. The number of hydrogen-bond donors (Lipinski definition) is 4. The molecular formula is C29H41N3O6. The number of aliphatic hydroxyl groups is 1. The van der Waals surface area contributed by atoms with Crippen molar-refractivity contribution >= 4 is 17.9 Å². The quantitative estimate of drug-likeness (QED) is 0.294. The molecule has 4 N–H and O–H groups in total. The Kier molecular flexibility index (Phi) is 12.1. The van der Waals surface area contributed by atoms with Crippen molar-refractivity contribution in [3.63, 3.8) is 0 Å². The molecule has 2 unspecified atom stereocenters. The zero-order valence-corrected chi connectivity index (χ0v) is 22.8. The molecule has 0 fully saturated rings. The molecular weight excluding hydrogens is 486 g/mol. The van der Waals surface area contributed by atoms with Gasteiger partial charge in [-0.25, -0.2) is 4.79 Å². The second-order valence-corrected chi connectivity index (χ2v) is 10.1. The number of alkyl carbamates (subject to hydrolysis) is 1. The largest absolute Gasteiger partial charge is 0.508 e. The number of unbranched alkanes of at least 4 members (excludes halogenated alkanes) is 2. The van der Waals surface area contributed by atoms with E-state index in [2.05, 4.69) is 17.6 Å². The van der Waals surface area contributed by atoms with Crippen molar-refractivity contribution < 1.29 is 29.3 Å². The first-order valence-electron chi connectivity index (χ1n) is 13.1. The van der Waals surface area contributed by atoms with Crippen molar-refractivity contribution in [1.29, 1.82) is 0 Å². The molecule has 0 saturated heterocycles. The standard InChI is InChI=1S/C29H41N3O6/c1-5-6-10-17-30-26(35)25(22-11-8-7-9-12-22)32(18-19-33)27(36)24(31-28(37)38-29(2,3)4)20-21-13-15-23(34)16-14-21/h7-9,11-16,24-25,33-34H,5-6,10,17-20H2,1-4H3,(H,30,35)(H,31,37). The smallest absolute Gasteiger partial charge is 0.408 e. The van der Waals surface area contributed by atoms with Gasteiger partial charge in [-0.3, -0.25) is 9.59 Å². The number of rotatable bonds is 13. The second kappa shape index (κ2) is 15.0. The summed E-state index contributed by atoms with van der Waals surface area (Å²) in [4.78, 5) is 41.4. The highest BCUT2D eigenvalue weighted by atomic mass is 16.6. The molecule has 3 amide bonds. The van der Waals surface area contributed by atoms with Gasteiger partial charge in [0.1, 0.15) is 23.4 Å². The van der Waals surface area contributed by atoms with E-state index in [0.29, 0.717) is 17.7 Å². The third kappa shape index (κ3) is 10.0. The molecule has 0 heterocycles. The molecule has 2 atom stereocenters. The molecule has 0 aromatic heterocycles. The molecule has 2 rings (SSSR count). The van der Waals surface area contributed by atoms with Gasteiger partial charge in [0, 0.05) is 19.5 Å². The van der Waals surface area contributed by atoms with Crippen LogP contribution < -0.4 is 10.6 Å². The van der Waals surface area contributed by atoms with Crippen molar-refractivity contribution in [2.45, 2.75) is 71.1 Å². The number of carbonyl (C=O) groups is 3. The molecule has 2 aromatic carbocycles. The first-order chi connectivity index (χ1) is 18.1. The first kappa shape index (κ1) is 30.6. The maximum absolute atomic E-state index is 14.0. The number of phenolic OH excluding ortho intramolecular Hbond substituents is 1. The van der Waals surface area contributed by atoms with Crippen molar-refractivity contribution in [3.05, 3.63) is 65.7 Å². The van der Waals surface area contributed by atoms with Crippen LogP contribution >= 0.6 is 0 Å². The minimum Gasteiger partial charge on any atom is -0.508 e. The highest BCUT2D eigenvalue weighted by Crippen LogP contribution is 2.23. The van der Waals surface area contributed by atoms with Crippen LogP contribution in [0.25, 0.3) is 0 Å². The van der Waals surface area contributed by atoms with E-state index in [4.69, 9.17) is 4.74 Å². The lowest BCUT2D eigenvalue weighted by Gasteiger charge is -2.34. The summed E-state index contributed by atoms with van der Waals surface area (Å²) in [5.74, 6) is -0.840. The van der Waals surface area contributed by atoms with Gasteiger partial charge in [0.15, 0.2) is 0 Å². The normalized spacial score (nSPS) is 12.8. The number of benzene rings is 2. The average Bonchev–Trinajstić information content (AvgIpc) is 2.86. The fourth-order valence-electron chi connectivity index (χ4n) is 3.98. The van der Waals surface area contributed by atoms with E-state index in [1.807, 2.05) is 6.07 Å². The number of nitrogens with one attached hydrogen (secondary N) is 2. The number of ether oxygens (including phenoxy) is 1. The molecule has 0 radical (unpaired) electrons. The van der Waals surface area contributed by atoms with Crippen LogP contribution in [0.2, 0.25) is 0 Å². The van der Waals surface area contributed by atoms with Gasteiger partial charge in [0.25, 0.3) is 0 Å². The molecule has 0 aliphatic heterocycles. The average molecular weight is 528 g/mol. The van der Waals surface area contributed by atoms with E-state index in [1.165, 1.54) is 17.0 Å². The fraction of sp³-hybridized carbons (Fsp3) is 0.483. The Labute approximate surface area is 225 Å². The molecule has 2 aromatic rings. The zero-order valence-electron chi connectivity index (χ0n) is 22.8. The predicted octanol–water partition coefficient (Wildman–Crippen LogP) is 3.70. The van der Waals surface area contributed by atoms with Gasteiger partial charge in [0.2, 0.25) is 11.8 Å². The van der Waals surface area contributed by atoms with Crippen molar-refractivity contribution in [2.75, 3.05) is 19.7 Å². The van der Waals surface area contributed by atoms with Gasteiger partial charge in [-0.05, 0) is 50.5 Å². The Morgan fingerprint density at radius 1 is 1.00 bits per heavy atom. The Balaban J connectivity index is 2.43.